The predicted octanol–water partition coefficient (Wildman–Crippen LogP) is 4.66. The summed E-state index contributed by atoms with van der Waals surface area (Å²) in [6, 6.07) is 12.9. The lowest BCUT2D eigenvalue weighted by atomic mass is 10.0. The van der Waals surface area contributed by atoms with Gasteiger partial charge >= 0.3 is 0 Å². The fourth-order valence-corrected chi connectivity index (χ4v) is 3.14. The number of halogens is 1. The minimum absolute atomic E-state index is 0.0548. The molecule has 0 atom stereocenters. The molecule has 0 amide bonds. The highest BCUT2D eigenvalue weighted by molar-refractivity contribution is 5.64. The first kappa shape index (κ1) is 18.8. The summed E-state index contributed by atoms with van der Waals surface area (Å²) in [6.07, 6.45) is 3.92. The zero-order valence-electron chi connectivity index (χ0n) is 14.9. The van der Waals surface area contributed by atoms with Crippen molar-refractivity contribution in [3.8, 4) is 11.1 Å². The SMILES string of the molecule is C=CCCC1COC(c2ccc(-c3ccc(CCO)c(F)c3)cc2)OC1. The lowest BCUT2D eigenvalue weighted by molar-refractivity contribution is -0.205. The van der Waals surface area contributed by atoms with Crippen LogP contribution in [-0.4, -0.2) is 24.9 Å². The van der Waals surface area contributed by atoms with Crippen LogP contribution in [0.3, 0.4) is 0 Å². The Labute approximate surface area is 154 Å². The fourth-order valence-electron chi connectivity index (χ4n) is 3.14. The van der Waals surface area contributed by atoms with E-state index < -0.39 is 0 Å². The van der Waals surface area contributed by atoms with Crippen LogP contribution in [0.5, 0.6) is 0 Å². The van der Waals surface area contributed by atoms with Gasteiger partial charge in [-0.3, -0.25) is 0 Å². The molecule has 3 rings (SSSR count). The average molecular weight is 356 g/mol. The molecule has 3 nitrogen and oxygen atoms in total. The first-order valence-electron chi connectivity index (χ1n) is 9.05. The van der Waals surface area contributed by atoms with Crippen LogP contribution in [0.25, 0.3) is 11.1 Å². The molecule has 1 N–H and O–H groups in total. The molecular formula is C22H25FO3. The van der Waals surface area contributed by atoms with Crippen molar-refractivity contribution in [1.29, 1.82) is 0 Å². The second-order valence-corrected chi connectivity index (χ2v) is 6.63. The van der Waals surface area contributed by atoms with Gasteiger partial charge in [-0.05, 0) is 42.0 Å². The van der Waals surface area contributed by atoms with E-state index in [0.29, 0.717) is 31.1 Å². The Morgan fingerprint density at radius 3 is 2.38 bits per heavy atom. The van der Waals surface area contributed by atoms with Crippen LogP contribution in [0.2, 0.25) is 0 Å². The van der Waals surface area contributed by atoms with Crippen LogP contribution in [0.1, 0.15) is 30.3 Å². The van der Waals surface area contributed by atoms with Crippen LogP contribution in [-0.2, 0) is 15.9 Å². The third-order valence-corrected chi connectivity index (χ3v) is 4.70. The third kappa shape index (κ3) is 4.58. The van der Waals surface area contributed by atoms with E-state index in [9.17, 15) is 4.39 Å². The molecule has 1 aliphatic heterocycles. The van der Waals surface area contributed by atoms with Gasteiger partial charge in [0.1, 0.15) is 5.82 Å². The van der Waals surface area contributed by atoms with Gasteiger partial charge in [0.25, 0.3) is 0 Å². The number of hydrogen-bond acceptors (Lipinski definition) is 3. The Morgan fingerprint density at radius 1 is 1.08 bits per heavy atom. The second-order valence-electron chi connectivity index (χ2n) is 6.63. The highest BCUT2D eigenvalue weighted by atomic mass is 19.1. The quantitative estimate of drug-likeness (QED) is 0.734. The van der Waals surface area contributed by atoms with Gasteiger partial charge in [0.05, 0.1) is 13.2 Å². The van der Waals surface area contributed by atoms with Gasteiger partial charge in [-0.1, -0.05) is 42.5 Å². The van der Waals surface area contributed by atoms with Crippen molar-refractivity contribution in [3.63, 3.8) is 0 Å². The predicted molar refractivity (Wildman–Crippen MR) is 100 cm³/mol. The van der Waals surface area contributed by atoms with E-state index in [1.165, 1.54) is 6.07 Å². The van der Waals surface area contributed by atoms with E-state index in [0.717, 1.165) is 29.5 Å². The van der Waals surface area contributed by atoms with E-state index >= 15 is 0 Å². The Balaban J connectivity index is 1.64. The summed E-state index contributed by atoms with van der Waals surface area (Å²) in [4.78, 5) is 0. The molecule has 0 spiro atoms. The molecule has 1 aliphatic rings. The van der Waals surface area contributed by atoms with Crippen molar-refractivity contribution < 1.29 is 19.0 Å². The molecule has 4 heteroatoms. The number of allylic oxidation sites excluding steroid dienone is 1. The molecule has 138 valence electrons. The first-order valence-corrected chi connectivity index (χ1v) is 9.05. The molecular weight excluding hydrogens is 331 g/mol. The van der Waals surface area contributed by atoms with E-state index in [-0.39, 0.29) is 18.7 Å². The van der Waals surface area contributed by atoms with Crippen LogP contribution in [0.4, 0.5) is 4.39 Å². The Bertz CT molecular complexity index is 719. The van der Waals surface area contributed by atoms with Crippen molar-refractivity contribution in [3.05, 3.63) is 72.1 Å². The van der Waals surface area contributed by atoms with Crippen molar-refractivity contribution >= 4 is 0 Å². The molecule has 0 radical (unpaired) electrons. The summed E-state index contributed by atoms with van der Waals surface area (Å²) in [6.45, 7) is 5.07. The van der Waals surface area contributed by atoms with Gasteiger partial charge < -0.3 is 14.6 Å². The normalized spacial score (nSPS) is 20.1. The van der Waals surface area contributed by atoms with E-state index in [4.69, 9.17) is 14.6 Å². The van der Waals surface area contributed by atoms with Crippen molar-refractivity contribution in [2.24, 2.45) is 5.92 Å². The topological polar surface area (TPSA) is 38.7 Å². The van der Waals surface area contributed by atoms with E-state index in [1.807, 2.05) is 36.4 Å². The lowest BCUT2D eigenvalue weighted by Crippen LogP contribution is -2.26. The minimum atomic E-state index is -0.340. The van der Waals surface area contributed by atoms with Crippen molar-refractivity contribution in [2.45, 2.75) is 25.6 Å². The highest BCUT2D eigenvalue weighted by Gasteiger charge is 2.23. The summed E-state index contributed by atoms with van der Waals surface area (Å²) in [5, 5.41) is 8.95. The van der Waals surface area contributed by atoms with Crippen LogP contribution < -0.4 is 0 Å². The Hall–Kier alpha value is -2.01. The third-order valence-electron chi connectivity index (χ3n) is 4.70. The summed E-state index contributed by atoms with van der Waals surface area (Å²) in [5.74, 6) is 0.133. The van der Waals surface area contributed by atoms with Crippen LogP contribution in [0, 0.1) is 11.7 Å². The smallest absolute Gasteiger partial charge is 0.183 e. The number of aliphatic hydroxyl groups excluding tert-OH is 1. The van der Waals surface area contributed by atoms with Gasteiger partial charge in [0, 0.05) is 18.1 Å². The molecule has 26 heavy (non-hydrogen) atoms. The van der Waals surface area contributed by atoms with Gasteiger partial charge in [-0.15, -0.1) is 6.58 Å². The van der Waals surface area contributed by atoms with Crippen molar-refractivity contribution in [1.82, 2.24) is 0 Å². The zero-order valence-corrected chi connectivity index (χ0v) is 14.9. The number of benzene rings is 2. The lowest BCUT2D eigenvalue weighted by Gasteiger charge is -2.29. The molecule has 0 aliphatic carbocycles. The molecule has 1 fully saturated rings. The summed E-state index contributed by atoms with van der Waals surface area (Å²) in [7, 11) is 0. The summed E-state index contributed by atoms with van der Waals surface area (Å²) >= 11 is 0. The van der Waals surface area contributed by atoms with Crippen LogP contribution in [0.15, 0.2) is 55.1 Å². The molecule has 2 aromatic rings. The van der Waals surface area contributed by atoms with Gasteiger partial charge in [0.15, 0.2) is 6.29 Å². The molecule has 2 aromatic carbocycles. The number of hydrogen-bond donors (Lipinski definition) is 1. The van der Waals surface area contributed by atoms with Crippen LogP contribution >= 0.6 is 0 Å². The molecule has 1 heterocycles. The Morgan fingerprint density at radius 2 is 1.77 bits per heavy atom. The minimum Gasteiger partial charge on any atom is -0.396 e. The van der Waals surface area contributed by atoms with Gasteiger partial charge in [0.2, 0.25) is 0 Å². The maximum atomic E-state index is 14.1. The van der Waals surface area contributed by atoms with Gasteiger partial charge in [-0.2, -0.15) is 0 Å². The largest absolute Gasteiger partial charge is 0.396 e. The molecule has 0 saturated carbocycles. The molecule has 0 unspecified atom stereocenters. The average Bonchev–Trinajstić information content (AvgIpc) is 2.69. The number of ether oxygens (including phenoxy) is 2. The fraction of sp³-hybridized carbons (Fsp3) is 0.364. The number of aliphatic hydroxyl groups is 1. The van der Waals surface area contributed by atoms with E-state index in [1.54, 1.807) is 6.07 Å². The number of rotatable bonds is 7. The van der Waals surface area contributed by atoms with Gasteiger partial charge in [-0.25, -0.2) is 4.39 Å². The standard InChI is InChI=1S/C22H25FO3/c1-2-3-4-16-14-25-22(26-15-16)19-8-5-17(6-9-19)20-10-7-18(11-12-24)21(23)13-20/h2,5-10,13,16,22,24H,1,3-4,11-12,14-15H2. The zero-order chi connectivity index (χ0) is 18.4. The highest BCUT2D eigenvalue weighted by Crippen LogP contribution is 2.29. The summed E-state index contributed by atoms with van der Waals surface area (Å²) in [5.41, 5.74) is 3.24. The molecule has 0 aromatic heterocycles. The monoisotopic (exact) mass is 356 g/mol. The second kappa shape index (κ2) is 9.08. The summed E-state index contributed by atoms with van der Waals surface area (Å²) < 4.78 is 25.7. The first-order chi connectivity index (χ1) is 12.7. The Kier molecular flexibility index (Phi) is 6.56. The molecule has 1 saturated heterocycles. The maximum Gasteiger partial charge on any atom is 0.183 e. The van der Waals surface area contributed by atoms with E-state index in [2.05, 4.69) is 6.58 Å². The molecule has 0 bridgehead atoms. The maximum absolute atomic E-state index is 14.1. The van der Waals surface area contributed by atoms with Crippen molar-refractivity contribution in [2.75, 3.05) is 19.8 Å².